The molecule has 1 aliphatic heterocycles. The van der Waals surface area contributed by atoms with Gasteiger partial charge < -0.3 is 9.47 Å². The summed E-state index contributed by atoms with van der Waals surface area (Å²) in [5, 5.41) is 0. The fourth-order valence-corrected chi connectivity index (χ4v) is 3.18. The summed E-state index contributed by atoms with van der Waals surface area (Å²) in [4.78, 5) is 11.8. The van der Waals surface area contributed by atoms with Crippen molar-refractivity contribution in [2.75, 3.05) is 7.11 Å². The Morgan fingerprint density at radius 2 is 2.05 bits per heavy atom. The predicted octanol–water partition coefficient (Wildman–Crippen LogP) is 3.21. The standard InChI is InChI=1S/C16H18O3/c1-8-6-14-15(10(3)16(17)19-14)12-5-9(2)13(18-4)7-11(8)12/h5,7-8,14H,6H2,1-4H3/t8-,14+/m1/s1. The lowest BCUT2D eigenvalue weighted by Gasteiger charge is -2.29. The first-order valence-corrected chi connectivity index (χ1v) is 6.63. The van der Waals surface area contributed by atoms with Crippen molar-refractivity contribution in [3.05, 3.63) is 34.4 Å². The number of benzene rings is 1. The molecule has 2 atom stereocenters. The molecule has 0 radical (unpaired) electrons. The van der Waals surface area contributed by atoms with E-state index in [2.05, 4.69) is 19.1 Å². The molecule has 0 saturated carbocycles. The molecule has 0 unspecified atom stereocenters. The lowest BCUT2D eigenvalue weighted by Crippen LogP contribution is -2.20. The molecule has 1 aliphatic carbocycles. The van der Waals surface area contributed by atoms with E-state index in [1.807, 2.05) is 13.8 Å². The minimum atomic E-state index is -0.173. The molecule has 1 aromatic carbocycles. The monoisotopic (exact) mass is 258 g/mol. The van der Waals surface area contributed by atoms with Crippen LogP contribution in [0.3, 0.4) is 0 Å². The van der Waals surface area contributed by atoms with Crippen molar-refractivity contribution < 1.29 is 14.3 Å². The second-order valence-electron chi connectivity index (χ2n) is 5.48. The van der Waals surface area contributed by atoms with E-state index in [1.54, 1.807) is 7.11 Å². The highest BCUT2D eigenvalue weighted by Crippen LogP contribution is 2.46. The Kier molecular flexibility index (Phi) is 2.66. The van der Waals surface area contributed by atoms with Crippen LogP contribution in [0.1, 0.15) is 42.9 Å². The Morgan fingerprint density at radius 3 is 2.74 bits per heavy atom. The minimum absolute atomic E-state index is 0.0669. The average molecular weight is 258 g/mol. The molecular weight excluding hydrogens is 240 g/mol. The van der Waals surface area contributed by atoms with Crippen molar-refractivity contribution in [3.8, 4) is 5.75 Å². The third-order valence-electron chi connectivity index (χ3n) is 4.24. The topological polar surface area (TPSA) is 35.5 Å². The number of carbonyl (C=O) groups is 1. The zero-order valence-electron chi connectivity index (χ0n) is 11.7. The summed E-state index contributed by atoms with van der Waals surface area (Å²) in [6, 6.07) is 4.23. The van der Waals surface area contributed by atoms with Gasteiger partial charge in [0.15, 0.2) is 0 Å². The van der Waals surface area contributed by atoms with E-state index in [-0.39, 0.29) is 12.1 Å². The molecule has 3 nitrogen and oxygen atoms in total. The maximum atomic E-state index is 11.8. The Bertz CT molecular complexity index is 598. The van der Waals surface area contributed by atoms with Crippen LogP contribution in [0.25, 0.3) is 5.57 Å². The van der Waals surface area contributed by atoms with E-state index in [0.717, 1.165) is 34.4 Å². The summed E-state index contributed by atoms with van der Waals surface area (Å²) in [6.07, 6.45) is 0.792. The second kappa shape index (κ2) is 4.12. The molecule has 3 rings (SSSR count). The van der Waals surface area contributed by atoms with Crippen LogP contribution in [0.4, 0.5) is 0 Å². The normalized spacial score (nSPS) is 24.9. The Morgan fingerprint density at radius 1 is 1.32 bits per heavy atom. The van der Waals surface area contributed by atoms with Crippen molar-refractivity contribution in [1.82, 2.24) is 0 Å². The quantitative estimate of drug-likeness (QED) is 0.726. The molecule has 1 aromatic rings. The van der Waals surface area contributed by atoms with Gasteiger partial charge in [0, 0.05) is 11.1 Å². The van der Waals surface area contributed by atoms with Crippen LogP contribution in [0.2, 0.25) is 0 Å². The van der Waals surface area contributed by atoms with Gasteiger partial charge in [-0.05, 0) is 55.0 Å². The molecule has 19 heavy (non-hydrogen) atoms. The lowest BCUT2D eigenvalue weighted by molar-refractivity contribution is -0.139. The maximum absolute atomic E-state index is 11.8. The van der Waals surface area contributed by atoms with E-state index in [9.17, 15) is 4.79 Å². The number of fused-ring (bicyclic) bond motifs is 3. The molecule has 2 aliphatic rings. The fourth-order valence-electron chi connectivity index (χ4n) is 3.18. The number of esters is 1. The number of carbonyl (C=O) groups excluding carboxylic acids is 1. The first-order chi connectivity index (χ1) is 9.02. The van der Waals surface area contributed by atoms with Gasteiger partial charge in [0.1, 0.15) is 11.9 Å². The molecule has 0 bridgehead atoms. The van der Waals surface area contributed by atoms with E-state index in [1.165, 1.54) is 5.56 Å². The summed E-state index contributed by atoms with van der Waals surface area (Å²) >= 11 is 0. The van der Waals surface area contributed by atoms with Crippen LogP contribution in [0, 0.1) is 6.92 Å². The van der Waals surface area contributed by atoms with Crippen LogP contribution in [0.5, 0.6) is 5.75 Å². The third kappa shape index (κ3) is 1.68. The average Bonchev–Trinajstić information content (AvgIpc) is 2.64. The molecular formula is C16H18O3. The molecule has 100 valence electrons. The lowest BCUT2D eigenvalue weighted by atomic mass is 9.77. The Balaban J connectivity index is 2.24. The molecule has 0 aromatic heterocycles. The van der Waals surface area contributed by atoms with Gasteiger partial charge in [-0.3, -0.25) is 0 Å². The summed E-state index contributed by atoms with van der Waals surface area (Å²) < 4.78 is 10.9. The summed E-state index contributed by atoms with van der Waals surface area (Å²) in [5.74, 6) is 1.11. The molecule has 1 heterocycles. The van der Waals surface area contributed by atoms with E-state index in [4.69, 9.17) is 9.47 Å². The van der Waals surface area contributed by atoms with Gasteiger partial charge in [-0.15, -0.1) is 0 Å². The van der Waals surface area contributed by atoms with Crippen LogP contribution in [-0.2, 0) is 9.53 Å². The number of ether oxygens (including phenoxy) is 2. The largest absolute Gasteiger partial charge is 0.496 e. The zero-order valence-corrected chi connectivity index (χ0v) is 11.7. The van der Waals surface area contributed by atoms with Gasteiger partial charge in [-0.2, -0.15) is 0 Å². The zero-order chi connectivity index (χ0) is 13.7. The maximum Gasteiger partial charge on any atom is 0.334 e. The molecule has 0 amide bonds. The molecule has 0 saturated heterocycles. The van der Waals surface area contributed by atoms with Gasteiger partial charge in [0.25, 0.3) is 0 Å². The van der Waals surface area contributed by atoms with Crippen LogP contribution < -0.4 is 4.74 Å². The van der Waals surface area contributed by atoms with Crippen molar-refractivity contribution >= 4 is 11.5 Å². The van der Waals surface area contributed by atoms with Gasteiger partial charge in [0.05, 0.1) is 7.11 Å². The third-order valence-corrected chi connectivity index (χ3v) is 4.24. The van der Waals surface area contributed by atoms with E-state index < -0.39 is 0 Å². The SMILES string of the molecule is COc1cc2c(cc1C)C1=C(C)C(=O)O[C@H]1C[C@H]2C. The first-order valence-electron chi connectivity index (χ1n) is 6.63. The number of hydrogen-bond acceptors (Lipinski definition) is 3. The summed E-state index contributed by atoms with van der Waals surface area (Å²) in [6.45, 7) is 6.06. The van der Waals surface area contributed by atoms with Gasteiger partial charge in [0.2, 0.25) is 0 Å². The fraction of sp³-hybridized carbons (Fsp3) is 0.438. The Hall–Kier alpha value is -1.77. The minimum Gasteiger partial charge on any atom is -0.496 e. The van der Waals surface area contributed by atoms with Crippen LogP contribution in [0.15, 0.2) is 17.7 Å². The van der Waals surface area contributed by atoms with Gasteiger partial charge >= 0.3 is 5.97 Å². The highest BCUT2D eigenvalue weighted by atomic mass is 16.5. The first kappa shape index (κ1) is 12.3. The number of methoxy groups -OCH3 is 1. The van der Waals surface area contributed by atoms with Gasteiger partial charge in [-0.25, -0.2) is 4.79 Å². The predicted molar refractivity (Wildman–Crippen MR) is 73.2 cm³/mol. The smallest absolute Gasteiger partial charge is 0.334 e. The highest BCUT2D eigenvalue weighted by Gasteiger charge is 2.38. The van der Waals surface area contributed by atoms with Crippen molar-refractivity contribution in [1.29, 1.82) is 0 Å². The molecule has 0 N–H and O–H groups in total. The van der Waals surface area contributed by atoms with E-state index >= 15 is 0 Å². The highest BCUT2D eigenvalue weighted by molar-refractivity contribution is 6.03. The van der Waals surface area contributed by atoms with Crippen LogP contribution >= 0.6 is 0 Å². The van der Waals surface area contributed by atoms with Crippen LogP contribution in [-0.4, -0.2) is 19.2 Å². The molecule has 0 spiro atoms. The van der Waals surface area contributed by atoms with Crippen molar-refractivity contribution in [3.63, 3.8) is 0 Å². The number of aryl methyl sites for hydroxylation is 1. The van der Waals surface area contributed by atoms with Crippen molar-refractivity contribution in [2.24, 2.45) is 0 Å². The Labute approximate surface area is 113 Å². The molecule has 0 fully saturated rings. The summed E-state index contributed by atoms with van der Waals surface area (Å²) in [7, 11) is 1.69. The second-order valence-corrected chi connectivity index (χ2v) is 5.48. The molecule has 3 heteroatoms. The van der Waals surface area contributed by atoms with E-state index in [0.29, 0.717) is 5.92 Å². The summed E-state index contributed by atoms with van der Waals surface area (Å²) in [5.41, 5.74) is 5.33. The van der Waals surface area contributed by atoms with Crippen molar-refractivity contribution in [2.45, 2.75) is 39.2 Å². The number of rotatable bonds is 1. The van der Waals surface area contributed by atoms with Gasteiger partial charge in [-0.1, -0.05) is 6.92 Å². The number of hydrogen-bond donors (Lipinski definition) is 0.